The lowest BCUT2D eigenvalue weighted by atomic mass is 10.2. The molecule has 0 radical (unpaired) electrons. The number of hydrogen-bond donors (Lipinski definition) is 1. The van der Waals surface area contributed by atoms with E-state index in [0.717, 1.165) is 12.5 Å². The highest BCUT2D eigenvalue weighted by atomic mass is 16.6. The van der Waals surface area contributed by atoms with E-state index >= 15 is 0 Å². The molecule has 7 heteroatoms. The summed E-state index contributed by atoms with van der Waals surface area (Å²) < 4.78 is 10.2. The standard InChI is InChI=1S/C12H15NO6/c1-18-6-2-3-7-19-11-5-4-9(13(16)17)8-10(11)12(14)15/h4-5,8H,2-3,6-7H2,1H3,(H,14,15). The molecule has 1 aromatic carbocycles. The van der Waals surface area contributed by atoms with Crippen LogP contribution in [0.25, 0.3) is 0 Å². The molecule has 0 aromatic heterocycles. The van der Waals surface area contributed by atoms with Gasteiger partial charge in [0, 0.05) is 25.8 Å². The minimum absolute atomic E-state index is 0.135. The number of benzene rings is 1. The van der Waals surface area contributed by atoms with E-state index in [1.165, 1.54) is 12.1 Å². The first-order valence-corrected chi connectivity index (χ1v) is 5.69. The van der Waals surface area contributed by atoms with Crippen molar-refractivity contribution in [2.45, 2.75) is 12.8 Å². The normalized spacial score (nSPS) is 10.2. The van der Waals surface area contributed by atoms with Gasteiger partial charge in [-0.3, -0.25) is 10.1 Å². The third-order valence-corrected chi connectivity index (χ3v) is 2.40. The van der Waals surface area contributed by atoms with Gasteiger partial charge in [-0.15, -0.1) is 0 Å². The van der Waals surface area contributed by atoms with Crippen LogP contribution in [0.15, 0.2) is 18.2 Å². The van der Waals surface area contributed by atoms with Gasteiger partial charge in [-0.2, -0.15) is 0 Å². The first kappa shape index (κ1) is 14.9. The number of non-ortho nitro benzene ring substituents is 1. The van der Waals surface area contributed by atoms with Crippen LogP contribution < -0.4 is 4.74 Å². The first-order chi connectivity index (χ1) is 9.06. The van der Waals surface area contributed by atoms with E-state index in [4.69, 9.17) is 14.6 Å². The molecule has 104 valence electrons. The number of carbonyl (C=O) groups is 1. The van der Waals surface area contributed by atoms with Crippen LogP contribution in [0.5, 0.6) is 5.75 Å². The number of rotatable bonds is 8. The molecule has 0 unspecified atom stereocenters. The summed E-state index contributed by atoms with van der Waals surface area (Å²) in [4.78, 5) is 20.9. The van der Waals surface area contributed by atoms with Crippen molar-refractivity contribution in [3.05, 3.63) is 33.9 Å². The van der Waals surface area contributed by atoms with E-state index in [9.17, 15) is 14.9 Å². The fraction of sp³-hybridized carbons (Fsp3) is 0.417. The topological polar surface area (TPSA) is 98.9 Å². The molecule has 1 aromatic rings. The van der Waals surface area contributed by atoms with Crippen molar-refractivity contribution in [2.24, 2.45) is 0 Å². The SMILES string of the molecule is COCCCCOc1ccc([N+](=O)[O-])cc1C(=O)O. The van der Waals surface area contributed by atoms with Gasteiger partial charge in [-0.05, 0) is 18.9 Å². The number of aromatic carboxylic acids is 1. The predicted octanol–water partition coefficient (Wildman–Crippen LogP) is 2.10. The molecular formula is C12H15NO6. The summed E-state index contributed by atoms with van der Waals surface area (Å²) in [5.41, 5.74) is -0.481. The summed E-state index contributed by atoms with van der Waals surface area (Å²) >= 11 is 0. The molecule has 0 saturated heterocycles. The molecule has 19 heavy (non-hydrogen) atoms. The Labute approximate surface area is 109 Å². The van der Waals surface area contributed by atoms with Crippen molar-refractivity contribution < 1.29 is 24.3 Å². The second kappa shape index (κ2) is 7.32. The predicted molar refractivity (Wildman–Crippen MR) is 66.7 cm³/mol. The molecule has 0 heterocycles. The molecule has 0 bridgehead atoms. The average Bonchev–Trinajstić information content (AvgIpc) is 2.38. The number of methoxy groups -OCH3 is 1. The Hall–Kier alpha value is -2.15. The summed E-state index contributed by atoms with van der Waals surface area (Å²) in [6, 6.07) is 3.52. The lowest BCUT2D eigenvalue weighted by Crippen LogP contribution is -2.06. The quantitative estimate of drug-likeness (QED) is 0.440. The average molecular weight is 269 g/mol. The van der Waals surface area contributed by atoms with Crippen molar-refractivity contribution in [3.8, 4) is 5.75 Å². The van der Waals surface area contributed by atoms with E-state index in [-0.39, 0.29) is 17.0 Å². The van der Waals surface area contributed by atoms with Crippen molar-refractivity contribution in [1.29, 1.82) is 0 Å². The van der Waals surface area contributed by atoms with Crippen LogP contribution in [-0.4, -0.2) is 36.3 Å². The maximum absolute atomic E-state index is 11.0. The van der Waals surface area contributed by atoms with E-state index in [0.29, 0.717) is 19.6 Å². The number of unbranched alkanes of at least 4 members (excludes halogenated alkanes) is 1. The summed E-state index contributed by atoms with van der Waals surface area (Å²) in [5.74, 6) is -1.12. The van der Waals surface area contributed by atoms with Gasteiger partial charge in [0.15, 0.2) is 0 Å². The molecule has 0 spiro atoms. The molecule has 0 atom stereocenters. The number of carboxylic acids is 1. The van der Waals surface area contributed by atoms with E-state index < -0.39 is 10.9 Å². The molecule has 1 N–H and O–H groups in total. The van der Waals surface area contributed by atoms with Gasteiger partial charge in [-0.25, -0.2) is 4.79 Å². The Morgan fingerprint density at radius 1 is 1.37 bits per heavy atom. The van der Waals surface area contributed by atoms with Gasteiger partial charge in [-0.1, -0.05) is 0 Å². The second-order valence-corrected chi connectivity index (χ2v) is 3.79. The Morgan fingerprint density at radius 2 is 2.05 bits per heavy atom. The number of nitrogens with zero attached hydrogens (tertiary/aromatic N) is 1. The van der Waals surface area contributed by atoms with Crippen LogP contribution in [0.3, 0.4) is 0 Å². The van der Waals surface area contributed by atoms with E-state index in [2.05, 4.69) is 0 Å². The third-order valence-electron chi connectivity index (χ3n) is 2.40. The monoisotopic (exact) mass is 269 g/mol. The molecule has 0 aliphatic carbocycles. The molecule has 0 aliphatic heterocycles. The van der Waals surface area contributed by atoms with Crippen molar-refractivity contribution in [1.82, 2.24) is 0 Å². The molecular weight excluding hydrogens is 254 g/mol. The van der Waals surface area contributed by atoms with Gasteiger partial charge < -0.3 is 14.6 Å². The zero-order valence-corrected chi connectivity index (χ0v) is 10.5. The van der Waals surface area contributed by atoms with E-state index in [1.807, 2.05) is 0 Å². The first-order valence-electron chi connectivity index (χ1n) is 5.69. The Kier molecular flexibility index (Phi) is 5.74. The van der Waals surface area contributed by atoms with Crippen LogP contribution in [0.1, 0.15) is 23.2 Å². The van der Waals surface area contributed by atoms with Crippen molar-refractivity contribution in [2.75, 3.05) is 20.3 Å². The molecule has 0 aliphatic rings. The van der Waals surface area contributed by atoms with Gasteiger partial charge in [0.1, 0.15) is 11.3 Å². The van der Waals surface area contributed by atoms with Gasteiger partial charge in [0.05, 0.1) is 11.5 Å². The maximum atomic E-state index is 11.0. The molecule has 0 amide bonds. The highest BCUT2D eigenvalue weighted by Crippen LogP contribution is 2.24. The fourth-order valence-corrected chi connectivity index (χ4v) is 1.46. The van der Waals surface area contributed by atoms with Crippen LogP contribution in [0, 0.1) is 10.1 Å². The van der Waals surface area contributed by atoms with Crippen molar-refractivity contribution >= 4 is 11.7 Å². The summed E-state index contributed by atoms with van der Waals surface area (Å²) in [7, 11) is 1.60. The van der Waals surface area contributed by atoms with Gasteiger partial charge in [0.2, 0.25) is 0 Å². The molecule has 0 fully saturated rings. The lowest BCUT2D eigenvalue weighted by molar-refractivity contribution is -0.384. The Morgan fingerprint density at radius 3 is 2.63 bits per heavy atom. The molecule has 1 rings (SSSR count). The zero-order valence-electron chi connectivity index (χ0n) is 10.5. The van der Waals surface area contributed by atoms with Crippen molar-refractivity contribution in [3.63, 3.8) is 0 Å². The maximum Gasteiger partial charge on any atom is 0.339 e. The largest absolute Gasteiger partial charge is 0.493 e. The minimum Gasteiger partial charge on any atom is -0.493 e. The van der Waals surface area contributed by atoms with Gasteiger partial charge in [0.25, 0.3) is 5.69 Å². The Balaban J connectivity index is 2.71. The summed E-state index contributed by atoms with van der Waals surface area (Å²) in [6.45, 7) is 0.941. The number of nitro groups is 1. The number of hydrogen-bond acceptors (Lipinski definition) is 5. The number of carboxylic acid groups (broad SMARTS) is 1. The Bertz CT molecular complexity index is 460. The fourth-order valence-electron chi connectivity index (χ4n) is 1.46. The molecule has 7 nitrogen and oxygen atoms in total. The smallest absolute Gasteiger partial charge is 0.339 e. The third kappa shape index (κ3) is 4.55. The van der Waals surface area contributed by atoms with Crippen LogP contribution in [-0.2, 0) is 4.74 Å². The minimum atomic E-state index is -1.25. The second-order valence-electron chi connectivity index (χ2n) is 3.79. The summed E-state index contributed by atoms with van der Waals surface area (Å²) in [5, 5.41) is 19.6. The number of nitro benzene ring substituents is 1. The van der Waals surface area contributed by atoms with Gasteiger partial charge >= 0.3 is 5.97 Å². The molecule has 0 saturated carbocycles. The van der Waals surface area contributed by atoms with E-state index in [1.54, 1.807) is 7.11 Å². The highest BCUT2D eigenvalue weighted by molar-refractivity contribution is 5.91. The zero-order chi connectivity index (χ0) is 14.3. The summed E-state index contributed by atoms with van der Waals surface area (Å²) in [6.07, 6.45) is 1.51. The van der Waals surface area contributed by atoms with Crippen LogP contribution in [0.2, 0.25) is 0 Å². The lowest BCUT2D eigenvalue weighted by Gasteiger charge is -2.08. The number of ether oxygens (including phenoxy) is 2. The van der Waals surface area contributed by atoms with Crippen LogP contribution >= 0.6 is 0 Å². The van der Waals surface area contributed by atoms with Crippen LogP contribution in [0.4, 0.5) is 5.69 Å². The highest BCUT2D eigenvalue weighted by Gasteiger charge is 2.16.